The highest BCUT2D eigenvalue weighted by Crippen LogP contribution is 2.58. The number of benzene rings is 6. The van der Waals surface area contributed by atoms with Crippen molar-refractivity contribution in [1.82, 2.24) is 0 Å². The highest BCUT2D eigenvalue weighted by Gasteiger charge is 2.60. The smallest absolute Gasteiger partial charge is 0.405 e. The van der Waals surface area contributed by atoms with Crippen molar-refractivity contribution < 1.29 is 65.9 Å². The van der Waals surface area contributed by atoms with Crippen LogP contribution in [0.3, 0.4) is 0 Å². The van der Waals surface area contributed by atoms with Crippen molar-refractivity contribution in [2.45, 2.75) is 17.8 Å². The van der Waals surface area contributed by atoms with Gasteiger partial charge < -0.3 is 20.4 Å². The number of allylic oxidation sites excluding steroid dienone is 4. The molecule has 62 heavy (non-hydrogen) atoms. The summed E-state index contributed by atoms with van der Waals surface area (Å²) in [4.78, 5) is 46.5. The molecule has 2 atom stereocenters. The molecule has 0 heterocycles. The molecule has 0 saturated heterocycles. The number of carboxylic acids is 4. The Kier molecular flexibility index (Phi) is 11.0. The van der Waals surface area contributed by atoms with E-state index in [1.165, 1.54) is 115 Å². The SMILES string of the molecule is O=C(O)c1ccc(-c2cccc(C3=CC(C(F)(F)F)C(c4cc(-c5ccc(C(=O)O)cc5)cc(-c5ccc(C(=O)O)cc5)c4)=CC3(c3ccc(C(=O)O)cc3)C(F)(F)F)c2)cc1. The van der Waals surface area contributed by atoms with Gasteiger partial charge in [-0.25, -0.2) is 19.2 Å². The van der Waals surface area contributed by atoms with Gasteiger partial charge in [-0.3, -0.25) is 0 Å². The summed E-state index contributed by atoms with van der Waals surface area (Å²) in [5, 5.41) is 37.9. The molecular weight excluding hydrogens is 819 g/mol. The largest absolute Gasteiger partial charge is 0.478 e. The lowest BCUT2D eigenvalue weighted by atomic mass is 9.64. The van der Waals surface area contributed by atoms with Crippen LogP contribution >= 0.6 is 0 Å². The van der Waals surface area contributed by atoms with E-state index in [0.29, 0.717) is 28.8 Å². The van der Waals surface area contributed by atoms with E-state index >= 15 is 26.3 Å². The summed E-state index contributed by atoms with van der Waals surface area (Å²) in [5.74, 6) is -7.86. The first-order chi connectivity index (χ1) is 29.3. The van der Waals surface area contributed by atoms with Gasteiger partial charge in [-0.05, 0) is 134 Å². The molecule has 312 valence electrons. The minimum absolute atomic E-state index is 0.0757. The van der Waals surface area contributed by atoms with Gasteiger partial charge in [0.15, 0.2) is 0 Å². The fraction of sp³-hybridized carbons (Fsp3) is 0.0833. The molecule has 14 heteroatoms. The van der Waals surface area contributed by atoms with Crippen LogP contribution in [0.15, 0.2) is 152 Å². The average molecular weight is 849 g/mol. The summed E-state index contributed by atoms with van der Waals surface area (Å²) >= 11 is 0. The lowest BCUT2D eigenvalue weighted by Crippen LogP contribution is -2.45. The van der Waals surface area contributed by atoms with Crippen molar-refractivity contribution in [3.63, 3.8) is 0 Å². The van der Waals surface area contributed by atoms with Gasteiger partial charge in [-0.1, -0.05) is 78.9 Å². The molecule has 2 unspecified atom stereocenters. The van der Waals surface area contributed by atoms with Gasteiger partial charge in [0, 0.05) is 0 Å². The minimum Gasteiger partial charge on any atom is -0.478 e. The van der Waals surface area contributed by atoms with Crippen LogP contribution in [0.1, 0.15) is 58.1 Å². The first-order valence-electron chi connectivity index (χ1n) is 18.5. The molecule has 6 aromatic carbocycles. The number of halogens is 6. The molecule has 0 aromatic heterocycles. The predicted octanol–water partition coefficient (Wildman–Crippen LogP) is 11.6. The van der Waals surface area contributed by atoms with E-state index in [-0.39, 0.29) is 50.1 Å². The summed E-state index contributed by atoms with van der Waals surface area (Å²) in [6.07, 6.45) is -9.57. The second kappa shape index (κ2) is 16.0. The van der Waals surface area contributed by atoms with E-state index in [4.69, 9.17) is 0 Å². The van der Waals surface area contributed by atoms with Crippen molar-refractivity contribution in [2.24, 2.45) is 5.92 Å². The van der Waals surface area contributed by atoms with Gasteiger partial charge in [0.25, 0.3) is 0 Å². The van der Waals surface area contributed by atoms with Gasteiger partial charge >= 0.3 is 36.2 Å². The standard InChI is InChI=1S/C48H30F6O8/c49-47(50,51)41-24-40(34-3-1-2-33(20-34)26-4-10-29(11-5-26)42(55)56)46(48(52,53)54,38-18-16-32(17-19-38)45(61)62)25-39(41)37-22-35(27-6-12-30(13-7-27)43(57)58)21-36(23-37)28-8-14-31(15-9-28)44(59)60/h1-25,41H,(H,55,56)(H,57,58)(H,59,60)(H,61,62). The van der Waals surface area contributed by atoms with Crippen LogP contribution in [-0.2, 0) is 5.41 Å². The quantitative estimate of drug-likeness (QED) is 0.0996. The Hall–Kier alpha value is -7.74. The maximum absolute atomic E-state index is 16.4. The van der Waals surface area contributed by atoms with Crippen LogP contribution in [0.5, 0.6) is 0 Å². The summed E-state index contributed by atoms with van der Waals surface area (Å²) in [5.41, 5.74) is -5.20. The summed E-state index contributed by atoms with van der Waals surface area (Å²) in [6.45, 7) is 0. The first kappa shape index (κ1) is 42.4. The number of carbonyl (C=O) groups is 4. The molecule has 0 saturated carbocycles. The minimum atomic E-state index is -5.38. The van der Waals surface area contributed by atoms with Crippen molar-refractivity contribution in [1.29, 1.82) is 0 Å². The third-order valence-electron chi connectivity index (χ3n) is 10.7. The second-order valence-electron chi connectivity index (χ2n) is 14.4. The molecule has 0 radical (unpaired) electrons. The van der Waals surface area contributed by atoms with E-state index in [9.17, 15) is 39.6 Å². The van der Waals surface area contributed by atoms with Gasteiger partial charge in [0.2, 0.25) is 0 Å². The zero-order valence-electron chi connectivity index (χ0n) is 31.7. The molecule has 8 nitrogen and oxygen atoms in total. The van der Waals surface area contributed by atoms with Crippen LogP contribution in [0, 0.1) is 5.92 Å². The molecule has 1 aliphatic carbocycles. The third kappa shape index (κ3) is 8.09. The third-order valence-corrected chi connectivity index (χ3v) is 10.7. The molecule has 0 spiro atoms. The van der Waals surface area contributed by atoms with Crippen LogP contribution in [0.4, 0.5) is 26.3 Å². The number of carboxylic acid groups (broad SMARTS) is 4. The highest BCUT2D eigenvalue weighted by molar-refractivity contribution is 5.94. The van der Waals surface area contributed by atoms with E-state index in [0.717, 1.165) is 24.3 Å². The van der Waals surface area contributed by atoms with Gasteiger partial charge in [-0.15, -0.1) is 0 Å². The van der Waals surface area contributed by atoms with Gasteiger partial charge in [-0.2, -0.15) is 26.3 Å². The molecule has 1 aliphatic rings. The Balaban J connectivity index is 1.53. The predicted molar refractivity (Wildman–Crippen MR) is 217 cm³/mol. The summed E-state index contributed by atoms with van der Waals surface area (Å²) < 4.78 is 96.0. The summed E-state index contributed by atoms with van der Waals surface area (Å²) in [7, 11) is 0. The molecule has 4 N–H and O–H groups in total. The van der Waals surface area contributed by atoms with Crippen molar-refractivity contribution in [3.8, 4) is 33.4 Å². The fourth-order valence-corrected chi connectivity index (χ4v) is 7.57. The molecule has 0 aliphatic heterocycles. The summed E-state index contributed by atoms with van der Waals surface area (Å²) in [6, 6.07) is 29.0. The Morgan fingerprint density at radius 2 is 0.790 bits per heavy atom. The number of rotatable bonds is 10. The Labute approximate surface area is 348 Å². The van der Waals surface area contributed by atoms with Crippen molar-refractivity contribution >= 4 is 35.0 Å². The van der Waals surface area contributed by atoms with Crippen LogP contribution in [0.2, 0.25) is 0 Å². The second-order valence-corrected chi connectivity index (χ2v) is 14.4. The number of hydrogen-bond donors (Lipinski definition) is 4. The topological polar surface area (TPSA) is 149 Å². The molecule has 0 bridgehead atoms. The molecular formula is C48H30F6O8. The Bertz CT molecular complexity index is 2730. The van der Waals surface area contributed by atoms with E-state index in [1.54, 1.807) is 0 Å². The van der Waals surface area contributed by atoms with Crippen molar-refractivity contribution in [2.75, 3.05) is 0 Å². The molecule has 6 aromatic rings. The monoisotopic (exact) mass is 848 g/mol. The molecule has 7 rings (SSSR count). The van der Waals surface area contributed by atoms with Crippen LogP contribution < -0.4 is 0 Å². The number of hydrogen-bond acceptors (Lipinski definition) is 4. The van der Waals surface area contributed by atoms with Crippen LogP contribution in [0.25, 0.3) is 44.5 Å². The number of alkyl halides is 6. The lowest BCUT2D eigenvalue weighted by molar-refractivity contribution is -0.163. The Morgan fingerprint density at radius 1 is 0.435 bits per heavy atom. The lowest BCUT2D eigenvalue weighted by Gasteiger charge is -2.42. The first-order valence-corrected chi connectivity index (χ1v) is 18.5. The van der Waals surface area contributed by atoms with Crippen LogP contribution in [-0.4, -0.2) is 56.7 Å². The average Bonchev–Trinajstić information content (AvgIpc) is 3.25. The zero-order valence-corrected chi connectivity index (χ0v) is 31.7. The Morgan fingerprint density at radius 3 is 1.18 bits per heavy atom. The molecule has 0 amide bonds. The number of aromatic carboxylic acids is 4. The van der Waals surface area contributed by atoms with E-state index in [2.05, 4.69) is 0 Å². The highest BCUT2D eigenvalue weighted by atomic mass is 19.4. The normalized spacial score (nSPS) is 16.5. The maximum Gasteiger partial charge on any atom is 0.405 e. The van der Waals surface area contributed by atoms with E-state index in [1.807, 2.05) is 0 Å². The van der Waals surface area contributed by atoms with Gasteiger partial charge in [0.1, 0.15) is 5.41 Å². The maximum atomic E-state index is 16.4. The molecule has 0 fully saturated rings. The fourth-order valence-electron chi connectivity index (χ4n) is 7.57. The zero-order chi connectivity index (χ0) is 44.7. The van der Waals surface area contributed by atoms with Gasteiger partial charge in [0.05, 0.1) is 28.2 Å². The van der Waals surface area contributed by atoms with E-state index < -0.39 is 64.3 Å². The van der Waals surface area contributed by atoms with Crippen molar-refractivity contribution in [3.05, 3.63) is 191 Å².